The van der Waals surface area contributed by atoms with Crippen molar-refractivity contribution < 1.29 is 28.7 Å². The van der Waals surface area contributed by atoms with Crippen molar-refractivity contribution in [2.45, 2.75) is 65.1 Å². The van der Waals surface area contributed by atoms with Crippen LogP contribution in [0.5, 0.6) is 0 Å². The third kappa shape index (κ3) is 9.62. The molecule has 9 nitrogen and oxygen atoms in total. The predicted octanol–water partition coefficient (Wildman–Crippen LogP) is 2.78. The minimum absolute atomic E-state index is 0.00506. The van der Waals surface area contributed by atoms with Crippen molar-refractivity contribution in [3.8, 4) is 0 Å². The number of methoxy groups -OCH3 is 1. The van der Waals surface area contributed by atoms with Crippen LogP contribution in [0.1, 0.15) is 57.7 Å². The molecule has 2 N–H and O–H groups in total. The average Bonchev–Trinajstić information content (AvgIpc) is 2.77. The van der Waals surface area contributed by atoms with Crippen LogP contribution in [-0.4, -0.2) is 66.4 Å². The van der Waals surface area contributed by atoms with Crippen LogP contribution in [0.3, 0.4) is 0 Å². The van der Waals surface area contributed by atoms with E-state index in [2.05, 4.69) is 28.0 Å². The number of esters is 1. The number of benzene rings is 1. The van der Waals surface area contributed by atoms with E-state index >= 15 is 0 Å². The molecule has 0 radical (unpaired) electrons. The quantitative estimate of drug-likeness (QED) is 0.321. The summed E-state index contributed by atoms with van der Waals surface area (Å²) < 4.78 is 9.89. The Kier molecular flexibility index (Phi) is 11.9. The minimum Gasteiger partial charge on any atom is -0.468 e. The van der Waals surface area contributed by atoms with Crippen LogP contribution in [0.15, 0.2) is 24.3 Å². The van der Waals surface area contributed by atoms with Crippen LogP contribution in [0, 0.1) is 6.92 Å². The van der Waals surface area contributed by atoms with E-state index in [0.29, 0.717) is 12.0 Å². The lowest BCUT2D eigenvalue weighted by molar-refractivity contribution is -0.144. The molecular weight excluding hydrogens is 458 g/mol. The second kappa shape index (κ2) is 13.8. The highest BCUT2D eigenvalue weighted by molar-refractivity contribution is 7.80. The van der Waals surface area contributed by atoms with Crippen LogP contribution in [0.4, 0.5) is 4.79 Å². The van der Waals surface area contributed by atoms with Crippen molar-refractivity contribution in [3.05, 3.63) is 35.4 Å². The largest absolute Gasteiger partial charge is 0.468 e. The number of carbonyl (C=O) groups excluding carboxylic acids is 4. The number of unbranched alkanes of at least 4 members (excludes halogenated alkanes) is 1. The van der Waals surface area contributed by atoms with E-state index in [1.165, 1.54) is 12.0 Å². The molecule has 1 rings (SSSR count). The number of nitrogens with zero attached hydrogens (tertiary/aromatic N) is 1. The Morgan fingerprint density at radius 1 is 1.12 bits per heavy atom. The van der Waals surface area contributed by atoms with Gasteiger partial charge in [-0.05, 0) is 39.7 Å². The Morgan fingerprint density at radius 3 is 2.24 bits per heavy atom. The summed E-state index contributed by atoms with van der Waals surface area (Å²) in [5.74, 6) is -1.62. The summed E-state index contributed by atoms with van der Waals surface area (Å²) in [6.07, 6.45) is 0.654. The van der Waals surface area contributed by atoms with Gasteiger partial charge in [-0.2, -0.15) is 12.6 Å². The predicted molar refractivity (Wildman–Crippen MR) is 133 cm³/mol. The SMILES string of the molecule is CCCCN(C(=O)C(CS)NC(=O)OC(C)(C)C)C(C(=O)NCC(=O)OC)c1ccc(C)cc1. The van der Waals surface area contributed by atoms with E-state index in [0.717, 1.165) is 12.0 Å². The maximum atomic E-state index is 13.6. The van der Waals surface area contributed by atoms with Crippen molar-refractivity contribution in [1.29, 1.82) is 0 Å². The first-order valence-electron chi connectivity index (χ1n) is 11.2. The molecule has 3 amide bonds. The fourth-order valence-corrected chi connectivity index (χ4v) is 3.33. The molecule has 0 fully saturated rings. The molecule has 10 heteroatoms. The molecule has 1 aromatic rings. The van der Waals surface area contributed by atoms with E-state index in [9.17, 15) is 19.2 Å². The van der Waals surface area contributed by atoms with Crippen molar-refractivity contribution in [1.82, 2.24) is 15.5 Å². The van der Waals surface area contributed by atoms with Gasteiger partial charge in [0.15, 0.2) is 0 Å². The van der Waals surface area contributed by atoms with Crippen molar-refractivity contribution in [2.75, 3.05) is 26.0 Å². The zero-order chi connectivity index (χ0) is 25.9. The molecule has 0 saturated heterocycles. The summed E-state index contributed by atoms with van der Waals surface area (Å²) >= 11 is 4.25. The molecule has 2 atom stereocenters. The van der Waals surface area contributed by atoms with Crippen molar-refractivity contribution in [3.63, 3.8) is 0 Å². The molecule has 0 heterocycles. The topological polar surface area (TPSA) is 114 Å². The zero-order valence-corrected chi connectivity index (χ0v) is 21.7. The third-order valence-electron chi connectivity index (χ3n) is 4.80. The molecule has 0 aromatic heterocycles. The second-order valence-corrected chi connectivity index (χ2v) is 9.24. The minimum atomic E-state index is -1.02. The monoisotopic (exact) mass is 495 g/mol. The van der Waals surface area contributed by atoms with Crippen LogP contribution in [0.2, 0.25) is 0 Å². The van der Waals surface area contributed by atoms with Crippen LogP contribution in [-0.2, 0) is 23.9 Å². The number of hydrogen-bond acceptors (Lipinski definition) is 7. The van der Waals surface area contributed by atoms with Gasteiger partial charge in [0, 0.05) is 12.3 Å². The van der Waals surface area contributed by atoms with Gasteiger partial charge in [-0.25, -0.2) is 4.79 Å². The fourth-order valence-electron chi connectivity index (χ4n) is 3.08. The summed E-state index contributed by atoms with van der Waals surface area (Å²) in [5, 5.41) is 5.11. The van der Waals surface area contributed by atoms with Gasteiger partial charge < -0.3 is 25.0 Å². The number of amides is 3. The summed E-state index contributed by atoms with van der Waals surface area (Å²) in [6.45, 7) is 8.97. The van der Waals surface area contributed by atoms with Gasteiger partial charge in [-0.1, -0.05) is 43.2 Å². The van der Waals surface area contributed by atoms with E-state index in [1.54, 1.807) is 32.9 Å². The third-order valence-corrected chi connectivity index (χ3v) is 5.16. The van der Waals surface area contributed by atoms with Gasteiger partial charge in [-0.3, -0.25) is 14.4 Å². The number of carbonyl (C=O) groups is 4. The van der Waals surface area contributed by atoms with Crippen LogP contribution < -0.4 is 10.6 Å². The summed E-state index contributed by atoms with van der Waals surface area (Å²) in [7, 11) is 1.22. The lowest BCUT2D eigenvalue weighted by Gasteiger charge is -2.34. The fraction of sp³-hybridized carbons (Fsp3) is 0.583. The molecule has 0 bridgehead atoms. The molecule has 0 aliphatic rings. The van der Waals surface area contributed by atoms with E-state index in [-0.39, 0.29) is 18.8 Å². The van der Waals surface area contributed by atoms with Crippen LogP contribution in [0.25, 0.3) is 0 Å². The standard InChI is InChI=1S/C24H37N3O6S/c1-7-8-13-27(22(30)18(15-34)26-23(31)33-24(3,4)5)20(17-11-9-16(2)10-12-17)21(29)25-14-19(28)32-6/h9-12,18,20,34H,7-8,13-15H2,1-6H3,(H,25,29)(H,26,31). The summed E-state index contributed by atoms with van der Waals surface area (Å²) in [5.41, 5.74) is 0.824. The highest BCUT2D eigenvalue weighted by Gasteiger charge is 2.35. The maximum absolute atomic E-state index is 13.6. The lowest BCUT2D eigenvalue weighted by Crippen LogP contribution is -2.54. The number of aryl methyl sites for hydroxylation is 1. The van der Waals surface area contributed by atoms with Crippen molar-refractivity contribution in [2.24, 2.45) is 0 Å². The summed E-state index contributed by atoms with van der Waals surface area (Å²) in [4.78, 5) is 52.2. The van der Waals surface area contributed by atoms with Gasteiger partial charge in [0.05, 0.1) is 7.11 Å². The first-order valence-corrected chi connectivity index (χ1v) is 11.9. The Labute approximate surface area is 207 Å². The molecule has 34 heavy (non-hydrogen) atoms. The summed E-state index contributed by atoms with van der Waals surface area (Å²) in [6, 6.07) is 5.17. The molecular formula is C24H37N3O6S. The maximum Gasteiger partial charge on any atom is 0.408 e. The Balaban J connectivity index is 3.32. The number of hydrogen-bond donors (Lipinski definition) is 3. The number of nitrogens with one attached hydrogen (secondary N) is 2. The zero-order valence-electron chi connectivity index (χ0n) is 20.8. The van der Waals surface area contributed by atoms with Crippen molar-refractivity contribution >= 4 is 36.5 Å². The Morgan fingerprint density at radius 2 is 1.74 bits per heavy atom. The van der Waals surface area contributed by atoms with Gasteiger partial charge in [0.2, 0.25) is 11.8 Å². The molecule has 1 aromatic carbocycles. The van der Waals surface area contributed by atoms with Gasteiger partial charge >= 0.3 is 12.1 Å². The number of ether oxygens (including phenoxy) is 2. The molecule has 0 spiro atoms. The number of thiol groups is 1. The molecule has 2 unspecified atom stereocenters. The Hall–Kier alpha value is -2.75. The number of rotatable bonds is 11. The molecule has 0 aliphatic carbocycles. The van der Waals surface area contributed by atoms with Crippen LogP contribution >= 0.6 is 12.6 Å². The molecule has 0 saturated carbocycles. The Bertz CT molecular complexity index is 838. The number of alkyl carbamates (subject to hydrolysis) is 1. The molecule has 0 aliphatic heterocycles. The first kappa shape index (κ1) is 29.3. The van der Waals surface area contributed by atoms with Gasteiger partial charge in [0.1, 0.15) is 24.2 Å². The van der Waals surface area contributed by atoms with E-state index in [1.807, 2.05) is 26.0 Å². The highest BCUT2D eigenvalue weighted by Crippen LogP contribution is 2.24. The van der Waals surface area contributed by atoms with Gasteiger partial charge in [-0.15, -0.1) is 0 Å². The average molecular weight is 496 g/mol. The first-order chi connectivity index (χ1) is 15.9. The van der Waals surface area contributed by atoms with Gasteiger partial charge in [0.25, 0.3) is 0 Å². The highest BCUT2D eigenvalue weighted by atomic mass is 32.1. The van der Waals surface area contributed by atoms with E-state index in [4.69, 9.17) is 4.74 Å². The normalized spacial score (nSPS) is 12.8. The lowest BCUT2D eigenvalue weighted by atomic mass is 10.0. The smallest absolute Gasteiger partial charge is 0.408 e. The molecule has 190 valence electrons. The second-order valence-electron chi connectivity index (χ2n) is 8.87. The van der Waals surface area contributed by atoms with E-state index < -0.39 is 41.6 Å².